The smallest absolute Gasteiger partial charge is 0.273 e. The molecule has 0 saturated heterocycles. The van der Waals surface area contributed by atoms with Crippen LogP contribution >= 0.6 is 11.6 Å². The molecule has 0 radical (unpaired) electrons. The summed E-state index contributed by atoms with van der Waals surface area (Å²) in [7, 11) is 0. The summed E-state index contributed by atoms with van der Waals surface area (Å²) in [6, 6.07) is 13.7. The van der Waals surface area contributed by atoms with Crippen LogP contribution in [0.2, 0.25) is 5.02 Å². The molecule has 4 nitrogen and oxygen atoms in total. The van der Waals surface area contributed by atoms with Crippen LogP contribution in [-0.4, -0.2) is 17.6 Å². The molecule has 0 bridgehead atoms. The SMILES string of the molecule is C/C=C(/CCCNC(=O)c1cc(Cc2cccc(F)c2)on1)c1cc(Cl)ccc1C. The van der Waals surface area contributed by atoms with Crippen molar-refractivity contribution in [2.75, 3.05) is 6.54 Å². The third-order valence-corrected chi connectivity index (χ3v) is 5.10. The van der Waals surface area contributed by atoms with Crippen LogP contribution in [0, 0.1) is 12.7 Å². The zero-order valence-corrected chi connectivity index (χ0v) is 17.8. The lowest BCUT2D eigenvalue weighted by atomic mass is 9.97. The highest BCUT2D eigenvalue weighted by molar-refractivity contribution is 6.30. The minimum atomic E-state index is -0.307. The van der Waals surface area contributed by atoms with Gasteiger partial charge in [-0.1, -0.05) is 41.0 Å². The molecule has 0 atom stereocenters. The zero-order valence-electron chi connectivity index (χ0n) is 17.0. The number of nitrogens with zero attached hydrogens (tertiary/aromatic N) is 1. The van der Waals surface area contributed by atoms with E-state index in [4.69, 9.17) is 16.1 Å². The van der Waals surface area contributed by atoms with Gasteiger partial charge >= 0.3 is 0 Å². The zero-order chi connectivity index (χ0) is 21.5. The monoisotopic (exact) mass is 426 g/mol. The van der Waals surface area contributed by atoms with E-state index in [1.807, 2.05) is 25.1 Å². The second-order valence-corrected chi connectivity index (χ2v) is 7.55. The van der Waals surface area contributed by atoms with Gasteiger partial charge < -0.3 is 9.84 Å². The molecule has 2 aromatic carbocycles. The predicted molar refractivity (Wildman–Crippen MR) is 117 cm³/mol. The van der Waals surface area contributed by atoms with Gasteiger partial charge in [-0.25, -0.2) is 4.39 Å². The number of hydrogen-bond acceptors (Lipinski definition) is 3. The van der Waals surface area contributed by atoms with Crippen LogP contribution in [0.3, 0.4) is 0 Å². The normalized spacial score (nSPS) is 11.5. The van der Waals surface area contributed by atoms with Crippen molar-refractivity contribution in [3.05, 3.63) is 93.6 Å². The summed E-state index contributed by atoms with van der Waals surface area (Å²) in [6.45, 7) is 4.58. The van der Waals surface area contributed by atoms with E-state index < -0.39 is 0 Å². The molecule has 6 heteroatoms. The van der Waals surface area contributed by atoms with Crippen LogP contribution in [0.25, 0.3) is 5.57 Å². The Bertz CT molecular complexity index is 1060. The molecule has 3 rings (SSSR count). The van der Waals surface area contributed by atoms with Gasteiger partial charge in [-0.15, -0.1) is 0 Å². The van der Waals surface area contributed by atoms with Gasteiger partial charge in [0.2, 0.25) is 0 Å². The summed E-state index contributed by atoms with van der Waals surface area (Å²) in [4.78, 5) is 12.3. The average molecular weight is 427 g/mol. The largest absolute Gasteiger partial charge is 0.360 e. The molecule has 0 aliphatic carbocycles. The molecule has 1 N–H and O–H groups in total. The van der Waals surface area contributed by atoms with Gasteiger partial charge in [0.25, 0.3) is 5.91 Å². The molecule has 0 fully saturated rings. The number of hydrogen-bond donors (Lipinski definition) is 1. The third-order valence-electron chi connectivity index (χ3n) is 4.86. The Morgan fingerprint density at radius 2 is 2.07 bits per heavy atom. The Kier molecular flexibility index (Phi) is 7.41. The summed E-state index contributed by atoms with van der Waals surface area (Å²) >= 11 is 6.13. The van der Waals surface area contributed by atoms with E-state index in [1.54, 1.807) is 18.2 Å². The van der Waals surface area contributed by atoms with Crippen molar-refractivity contribution in [1.29, 1.82) is 0 Å². The summed E-state index contributed by atoms with van der Waals surface area (Å²) in [5.74, 6) is -0.0814. The van der Waals surface area contributed by atoms with Crippen molar-refractivity contribution >= 4 is 23.1 Å². The van der Waals surface area contributed by atoms with E-state index in [1.165, 1.54) is 23.3 Å². The molecule has 0 saturated carbocycles. The fraction of sp³-hybridized carbons (Fsp3) is 0.250. The molecular formula is C24H24ClFN2O2. The first-order valence-corrected chi connectivity index (χ1v) is 10.2. The van der Waals surface area contributed by atoms with Gasteiger partial charge in [0.15, 0.2) is 5.69 Å². The van der Waals surface area contributed by atoms with Crippen molar-refractivity contribution in [3.8, 4) is 0 Å². The highest BCUT2D eigenvalue weighted by atomic mass is 35.5. The summed E-state index contributed by atoms with van der Waals surface area (Å²) < 4.78 is 18.5. The Morgan fingerprint density at radius 3 is 2.83 bits per heavy atom. The number of halogens is 2. The molecule has 156 valence electrons. The molecule has 1 amide bonds. The van der Waals surface area contributed by atoms with Gasteiger partial charge in [0.1, 0.15) is 11.6 Å². The number of aryl methyl sites for hydroxylation is 1. The van der Waals surface area contributed by atoms with Crippen LogP contribution in [-0.2, 0) is 6.42 Å². The van der Waals surface area contributed by atoms with Crippen molar-refractivity contribution in [1.82, 2.24) is 10.5 Å². The highest BCUT2D eigenvalue weighted by Crippen LogP contribution is 2.26. The second kappa shape index (κ2) is 10.2. The Hall–Kier alpha value is -2.92. The molecular weight excluding hydrogens is 403 g/mol. The van der Waals surface area contributed by atoms with E-state index in [0.29, 0.717) is 23.7 Å². The minimum absolute atomic E-state index is 0.221. The van der Waals surface area contributed by atoms with Gasteiger partial charge in [-0.05, 0) is 73.2 Å². The molecule has 0 aliphatic rings. The Morgan fingerprint density at radius 1 is 1.23 bits per heavy atom. The maximum Gasteiger partial charge on any atom is 0.273 e. The van der Waals surface area contributed by atoms with Crippen LogP contribution < -0.4 is 5.32 Å². The summed E-state index contributed by atoms with van der Waals surface area (Å²) in [5.41, 5.74) is 4.48. The number of carbonyl (C=O) groups is 1. The van der Waals surface area contributed by atoms with E-state index in [0.717, 1.165) is 24.0 Å². The lowest BCUT2D eigenvalue weighted by Crippen LogP contribution is -2.24. The number of allylic oxidation sites excluding steroid dienone is 2. The number of rotatable bonds is 8. The van der Waals surface area contributed by atoms with Gasteiger partial charge in [-0.3, -0.25) is 4.79 Å². The van der Waals surface area contributed by atoms with Gasteiger partial charge in [0.05, 0.1) is 0 Å². The van der Waals surface area contributed by atoms with E-state index in [-0.39, 0.29) is 17.4 Å². The number of amides is 1. The maximum absolute atomic E-state index is 13.3. The average Bonchev–Trinajstić information content (AvgIpc) is 3.18. The molecule has 3 aromatic rings. The second-order valence-electron chi connectivity index (χ2n) is 7.12. The quantitative estimate of drug-likeness (QED) is 0.451. The number of aromatic nitrogens is 1. The van der Waals surface area contributed by atoms with Crippen molar-refractivity contribution in [2.24, 2.45) is 0 Å². The first kappa shape index (κ1) is 21.8. The van der Waals surface area contributed by atoms with Gasteiger partial charge in [0, 0.05) is 24.1 Å². The predicted octanol–water partition coefficient (Wildman–Crippen LogP) is 5.98. The Labute approximate surface area is 180 Å². The van der Waals surface area contributed by atoms with Crippen molar-refractivity contribution in [3.63, 3.8) is 0 Å². The van der Waals surface area contributed by atoms with Crippen molar-refractivity contribution < 1.29 is 13.7 Å². The first-order chi connectivity index (χ1) is 14.5. The van der Waals surface area contributed by atoms with Crippen molar-refractivity contribution in [2.45, 2.75) is 33.1 Å². The molecule has 1 heterocycles. The number of benzene rings is 2. The number of nitrogens with one attached hydrogen (secondary N) is 1. The molecule has 0 aliphatic heterocycles. The maximum atomic E-state index is 13.3. The van der Waals surface area contributed by atoms with Gasteiger partial charge in [-0.2, -0.15) is 0 Å². The molecule has 0 spiro atoms. The summed E-state index contributed by atoms with van der Waals surface area (Å²) in [6.07, 6.45) is 4.06. The highest BCUT2D eigenvalue weighted by Gasteiger charge is 2.13. The molecule has 30 heavy (non-hydrogen) atoms. The van der Waals surface area contributed by atoms with E-state index in [9.17, 15) is 9.18 Å². The van der Waals surface area contributed by atoms with Crippen LogP contribution in [0.4, 0.5) is 4.39 Å². The fourth-order valence-corrected chi connectivity index (χ4v) is 3.47. The fourth-order valence-electron chi connectivity index (χ4n) is 3.30. The van der Waals surface area contributed by atoms with E-state index in [2.05, 4.69) is 23.5 Å². The van der Waals surface area contributed by atoms with Crippen LogP contribution in [0.5, 0.6) is 0 Å². The molecule has 0 unspecified atom stereocenters. The summed E-state index contributed by atoms with van der Waals surface area (Å²) in [5, 5.41) is 7.41. The lowest BCUT2D eigenvalue weighted by molar-refractivity contribution is 0.0944. The molecule has 1 aromatic heterocycles. The Balaban J connectivity index is 1.50. The van der Waals surface area contributed by atoms with Crippen LogP contribution in [0.1, 0.15) is 52.7 Å². The standard InChI is InChI=1S/C24H24ClFN2O2/c1-3-18(22-14-19(25)10-9-16(22)2)7-5-11-27-24(29)23-15-21(30-28-23)13-17-6-4-8-20(26)12-17/h3-4,6,8-10,12,14-15H,5,7,11,13H2,1-2H3,(H,27,29)/b18-3-. The minimum Gasteiger partial charge on any atom is -0.360 e. The topological polar surface area (TPSA) is 55.1 Å². The van der Waals surface area contributed by atoms with Crippen LogP contribution in [0.15, 0.2) is 59.1 Å². The number of carbonyl (C=O) groups excluding carboxylic acids is 1. The third kappa shape index (κ3) is 5.80. The first-order valence-electron chi connectivity index (χ1n) is 9.86. The lowest BCUT2D eigenvalue weighted by Gasteiger charge is -2.11. The van der Waals surface area contributed by atoms with E-state index >= 15 is 0 Å².